The molecule has 0 radical (unpaired) electrons. The molecule has 1 amide bonds. The topological polar surface area (TPSA) is 82.3 Å². The van der Waals surface area contributed by atoms with Crippen LogP contribution in [0, 0.1) is 20.7 Å². The van der Waals surface area contributed by atoms with E-state index in [9.17, 15) is 19.6 Å². The van der Waals surface area contributed by atoms with Crippen LogP contribution in [-0.2, 0) is 11.4 Å². The molecule has 0 fully saturated rings. The van der Waals surface area contributed by atoms with E-state index in [-0.39, 0.29) is 17.1 Å². The molecule has 0 aliphatic heterocycles. The van der Waals surface area contributed by atoms with Crippen molar-refractivity contribution >= 4 is 40.3 Å². The van der Waals surface area contributed by atoms with Gasteiger partial charge in [0.1, 0.15) is 35.6 Å². The van der Waals surface area contributed by atoms with Crippen molar-refractivity contribution in [2.45, 2.75) is 6.61 Å². The van der Waals surface area contributed by atoms with Gasteiger partial charge in [-0.1, -0.05) is 18.2 Å². The molecule has 150 valence electrons. The molecule has 0 spiro atoms. The summed E-state index contributed by atoms with van der Waals surface area (Å²) in [6.07, 6.45) is 1.49. The number of ether oxygens (including phenoxy) is 1. The monoisotopic (exact) mass is 514 g/mol. The van der Waals surface area contributed by atoms with Crippen molar-refractivity contribution in [3.05, 3.63) is 92.8 Å². The molecule has 7 heteroatoms. The van der Waals surface area contributed by atoms with Gasteiger partial charge in [0, 0.05) is 5.69 Å². The van der Waals surface area contributed by atoms with Gasteiger partial charge in [0.15, 0.2) is 0 Å². The van der Waals surface area contributed by atoms with Crippen LogP contribution in [0.3, 0.4) is 0 Å². The summed E-state index contributed by atoms with van der Waals surface area (Å²) in [6, 6.07) is 19.2. The van der Waals surface area contributed by atoms with Crippen molar-refractivity contribution in [1.82, 2.24) is 0 Å². The quantitative estimate of drug-likeness (QED) is 0.204. The number of phenols is 1. The van der Waals surface area contributed by atoms with E-state index in [0.29, 0.717) is 23.6 Å². The number of phenolic OH excluding ortho intramolecular Hbond substituents is 1. The molecule has 0 aliphatic carbocycles. The van der Waals surface area contributed by atoms with Crippen molar-refractivity contribution in [3.8, 4) is 17.6 Å². The SMILES string of the molecule is N#C/C(=C\c1ccc(OCc2ccc(F)cc2)c(I)c1)C(=O)Nc1ccc(O)cc1. The fourth-order valence-corrected chi connectivity index (χ4v) is 3.22. The van der Waals surface area contributed by atoms with Crippen LogP contribution in [-0.4, -0.2) is 11.0 Å². The second kappa shape index (κ2) is 9.89. The Hall–Kier alpha value is -3.38. The number of hydrogen-bond donors (Lipinski definition) is 2. The lowest BCUT2D eigenvalue weighted by Gasteiger charge is -2.09. The Bertz CT molecular complexity index is 1120. The van der Waals surface area contributed by atoms with E-state index in [1.807, 2.05) is 6.07 Å². The van der Waals surface area contributed by atoms with Crippen LogP contribution in [0.25, 0.3) is 6.08 Å². The lowest BCUT2D eigenvalue weighted by Crippen LogP contribution is -2.13. The summed E-state index contributed by atoms with van der Waals surface area (Å²) in [4.78, 5) is 12.4. The third kappa shape index (κ3) is 5.81. The molecule has 0 atom stereocenters. The van der Waals surface area contributed by atoms with Crippen LogP contribution in [0.4, 0.5) is 10.1 Å². The molecule has 3 aromatic carbocycles. The van der Waals surface area contributed by atoms with E-state index in [1.165, 1.54) is 30.3 Å². The van der Waals surface area contributed by atoms with E-state index in [4.69, 9.17) is 4.74 Å². The van der Waals surface area contributed by atoms with Crippen molar-refractivity contribution in [3.63, 3.8) is 0 Å². The lowest BCUT2D eigenvalue weighted by atomic mass is 10.1. The van der Waals surface area contributed by atoms with Crippen LogP contribution in [0.5, 0.6) is 11.5 Å². The zero-order valence-corrected chi connectivity index (χ0v) is 17.8. The molecule has 0 aromatic heterocycles. The third-order valence-electron chi connectivity index (χ3n) is 4.06. The first-order valence-corrected chi connectivity index (χ1v) is 9.91. The summed E-state index contributed by atoms with van der Waals surface area (Å²) in [5.41, 5.74) is 1.93. The average Bonchev–Trinajstić information content (AvgIpc) is 2.74. The number of nitrogens with one attached hydrogen (secondary N) is 1. The average molecular weight is 514 g/mol. The Morgan fingerprint density at radius 2 is 1.83 bits per heavy atom. The molecule has 0 saturated heterocycles. The Kier molecular flexibility index (Phi) is 7.03. The van der Waals surface area contributed by atoms with Crippen molar-refractivity contribution in [2.24, 2.45) is 0 Å². The van der Waals surface area contributed by atoms with E-state index < -0.39 is 5.91 Å². The minimum atomic E-state index is -0.546. The number of nitrogens with zero attached hydrogens (tertiary/aromatic N) is 1. The Morgan fingerprint density at radius 3 is 2.47 bits per heavy atom. The number of carbonyl (C=O) groups excluding carboxylic acids is 1. The maximum atomic E-state index is 13.0. The number of nitriles is 1. The van der Waals surface area contributed by atoms with Crippen LogP contribution < -0.4 is 10.1 Å². The summed E-state index contributed by atoms with van der Waals surface area (Å²) in [7, 11) is 0. The number of amides is 1. The van der Waals surface area contributed by atoms with Crippen LogP contribution in [0.1, 0.15) is 11.1 Å². The van der Waals surface area contributed by atoms with Gasteiger partial charge in [-0.3, -0.25) is 4.79 Å². The summed E-state index contributed by atoms with van der Waals surface area (Å²) in [5, 5.41) is 21.3. The van der Waals surface area contributed by atoms with Gasteiger partial charge in [0.05, 0.1) is 3.57 Å². The molecular weight excluding hydrogens is 498 g/mol. The van der Waals surface area contributed by atoms with Gasteiger partial charge in [-0.25, -0.2) is 4.39 Å². The van der Waals surface area contributed by atoms with E-state index in [0.717, 1.165) is 9.13 Å². The molecule has 5 nitrogen and oxygen atoms in total. The summed E-state index contributed by atoms with van der Waals surface area (Å²) in [6.45, 7) is 0.296. The molecule has 30 heavy (non-hydrogen) atoms. The van der Waals surface area contributed by atoms with Gasteiger partial charge in [-0.05, 0) is 88.3 Å². The highest BCUT2D eigenvalue weighted by atomic mass is 127. The second-order valence-corrected chi connectivity index (χ2v) is 7.44. The number of aromatic hydroxyl groups is 1. The standard InChI is InChI=1S/C23H16FIN2O3/c24-18-4-1-15(2-5-18)14-30-22-10-3-16(12-21(22)25)11-17(13-26)23(29)27-19-6-8-20(28)9-7-19/h1-12,28H,14H2,(H,27,29)/b17-11+. The highest BCUT2D eigenvalue weighted by molar-refractivity contribution is 14.1. The fourth-order valence-electron chi connectivity index (χ4n) is 2.52. The van der Waals surface area contributed by atoms with E-state index in [1.54, 1.807) is 42.5 Å². The predicted octanol–water partition coefficient (Wildman–Crippen LogP) is 5.26. The maximum Gasteiger partial charge on any atom is 0.266 e. The summed E-state index contributed by atoms with van der Waals surface area (Å²) >= 11 is 2.11. The first-order valence-electron chi connectivity index (χ1n) is 8.83. The molecule has 0 heterocycles. The minimum absolute atomic E-state index is 0.0566. The largest absolute Gasteiger partial charge is 0.508 e. The summed E-state index contributed by atoms with van der Waals surface area (Å²) < 4.78 is 19.6. The first-order chi connectivity index (χ1) is 14.4. The zero-order valence-electron chi connectivity index (χ0n) is 15.6. The van der Waals surface area contributed by atoms with Gasteiger partial charge in [-0.2, -0.15) is 5.26 Å². The Labute approximate surface area is 186 Å². The maximum absolute atomic E-state index is 13.0. The van der Waals surface area contributed by atoms with Gasteiger partial charge >= 0.3 is 0 Å². The van der Waals surface area contributed by atoms with Crippen LogP contribution >= 0.6 is 22.6 Å². The van der Waals surface area contributed by atoms with Gasteiger partial charge in [0.2, 0.25) is 0 Å². The molecule has 0 aliphatic rings. The Morgan fingerprint density at radius 1 is 1.13 bits per heavy atom. The fraction of sp³-hybridized carbons (Fsp3) is 0.0435. The number of hydrogen-bond acceptors (Lipinski definition) is 4. The lowest BCUT2D eigenvalue weighted by molar-refractivity contribution is -0.112. The smallest absolute Gasteiger partial charge is 0.266 e. The summed E-state index contributed by atoms with van der Waals surface area (Å²) in [5.74, 6) is -0.119. The van der Waals surface area contributed by atoms with Crippen molar-refractivity contribution < 1.29 is 19.0 Å². The molecule has 0 saturated carbocycles. The highest BCUT2D eigenvalue weighted by Crippen LogP contribution is 2.24. The molecule has 0 bridgehead atoms. The third-order valence-corrected chi connectivity index (χ3v) is 4.91. The number of halogens is 2. The number of anilines is 1. The highest BCUT2D eigenvalue weighted by Gasteiger charge is 2.11. The number of carbonyl (C=O) groups is 1. The Balaban J connectivity index is 1.69. The second-order valence-electron chi connectivity index (χ2n) is 6.28. The molecular formula is C23H16FIN2O3. The first kappa shape index (κ1) is 21.3. The molecule has 3 aromatic rings. The van der Waals surface area contributed by atoms with Crippen LogP contribution in [0.15, 0.2) is 72.3 Å². The molecule has 2 N–H and O–H groups in total. The number of benzene rings is 3. The van der Waals surface area contributed by atoms with Gasteiger partial charge in [-0.15, -0.1) is 0 Å². The van der Waals surface area contributed by atoms with E-state index >= 15 is 0 Å². The normalized spacial score (nSPS) is 10.9. The van der Waals surface area contributed by atoms with Gasteiger partial charge in [0.25, 0.3) is 5.91 Å². The van der Waals surface area contributed by atoms with Crippen LogP contribution in [0.2, 0.25) is 0 Å². The zero-order chi connectivity index (χ0) is 21.5. The van der Waals surface area contributed by atoms with Crippen molar-refractivity contribution in [1.29, 1.82) is 5.26 Å². The minimum Gasteiger partial charge on any atom is -0.508 e. The predicted molar refractivity (Wildman–Crippen MR) is 120 cm³/mol. The molecule has 3 rings (SSSR count). The van der Waals surface area contributed by atoms with Crippen molar-refractivity contribution in [2.75, 3.05) is 5.32 Å². The number of rotatable bonds is 6. The van der Waals surface area contributed by atoms with E-state index in [2.05, 4.69) is 27.9 Å². The molecule has 0 unspecified atom stereocenters. The van der Waals surface area contributed by atoms with Gasteiger partial charge < -0.3 is 15.2 Å².